The monoisotopic (exact) mass is 362 g/mol. The van der Waals surface area contributed by atoms with Gasteiger partial charge in [-0.05, 0) is 32.6 Å². The van der Waals surface area contributed by atoms with Crippen LogP contribution in [0.3, 0.4) is 0 Å². The molecule has 8 heteroatoms. The fourth-order valence-electron chi connectivity index (χ4n) is 3.48. The number of carbonyl (C=O) groups is 1. The zero-order valence-corrected chi connectivity index (χ0v) is 16.0. The van der Waals surface area contributed by atoms with Gasteiger partial charge in [0.25, 0.3) is 0 Å². The molecule has 1 aromatic rings. The summed E-state index contributed by atoms with van der Waals surface area (Å²) < 4.78 is 5.30. The Bertz CT molecular complexity index is 610. The second-order valence-corrected chi connectivity index (χ2v) is 7.29. The van der Waals surface area contributed by atoms with Gasteiger partial charge < -0.3 is 25.2 Å². The van der Waals surface area contributed by atoms with Crippen LogP contribution in [-0.4, -0.2) is 73.4 Å². The van der Waals surface area contributed by atoms with Crippen LogP contribution in [0.5, 0.6) is 0 Å². The number of nitrogens with zero attached hydrogens (tertiary/aromatic N) is 4. The number of aromatic nitrogens is 2. The molecule has 1 saturated carbocycles. The van der Waals surface area contributed by atoms with E-state index in [9.17, 15) is 4.79 Å². The molecule has 2 amide bonds. The van der Waals surface area contributed by atoms with E-state index in [0.29, 0.717) is 32.3 Å². The Morgan fingerprint density at radius 2 is 1.81 bits per heavy atom. The predicted octanol–water partition coefficient (Wildman–Crippen LogP) is 1.62. The molecule has 144 valence electrons. The Morgan fingerprint density at radius 1 is 1.15 bits per heavy atom. The average Bonchev–Trinajstić information content (AvgIpc) is 2.63. The summed E-state index contributed by atoms with van der Waals surface area (Å²) in [7, 11) is 3.96. The summed E-state index contributed by atoms with van der Waals surface area (Å²) in [4.78, 5) is 25.1. The van der Waals surface area contributed by atoms with Gasteiger partial charge in [0.05, 0.1) is 13.2 Å². The SMILES string of the molecule is Cc1nc(NC2CCC(NC(=O)N3CCOCC3)CC2)cc(N(C)C)n1. The third kappa shape index (κ3) is 4.97. The standard InChI is InChI=1S/C18H30N6O2/c1-13-19-16(12-17(20-13)23(2)3)21-14-4-6-15(7-5-14)22-18(25)24-8-10-26-11-9-24/h12,14-15H,4-11H2,1-3H3,(H,22,25)(H,19,20,21). The molecule has 1 saturated heterocycles. The van der Waals surface area contributed by atoms with Crippen molar-refractivity contribution in [3.63, 3.8) is 0 Å². The highest BCUT2D eigenvalue weighted by atomic mass is 16.5. The van der Waals surface area contributed by atoms with E-state index in [1.807, 2.05) is 36.9 Å². The zero-order chi connectivity index (χ0) is 18.5. The highest BCUT2D eigenvalue weighted by Gasteiger charge is 2.25. The molecule has 2 heterocycles. The van der Waals surface area contributed by atoms with Gasteiger partial charge in [-0.15, -0.1) is 0 Å². The van der Waals surface area contributed by atoms with Crippen molar-refractivity contribution < 1.29 is 9.53 Å². The first kappa shape index (κ1) is 18.7. The molecule has 26 heavy (non-hydrogen) atoms. The van der Waals surface area contributed by atoms with E-state index in [2.05, 4.69) is 20.6 Å². The first-order valence-electron chi connectivity index (χ1n) is 9.44. The summed E-state index contributed by atoms with van der Waals surface area (Å²) in [6.45, 7) is 4.55. The second-order valence-electron chi connectivity index (χ2n) is 7.29. The lowest BCUT2D eigenvalue weighted by molar-refractivity contribution is 0.0521. The van der Waals surface area contributed by atoms with Crippen molar-refractivity contribution >= 4 is 17.7 Å². The maximum atomic E-state index is 12.3. The van der Waals surface area contributed by atoms with E-state index in [1.165, 1.54) is 0 Å². The Morgan fingerprint density at radius 3 is 2.46 bits per heavy atom. The number of urea groups is 1. The van der Waals surface area contributed by atoms with E-state index >= 15 is 0 Å². The van der Waals surface area contributed by atoms with E-state index in [-0.39, 0.29) is 12.1 Å². The first-order valence-corrected chi connectivity index (χ1v) is 9.44. The van der Waals surface area contributed by atoms with Gasteiger partial charge in [0, 0.05) is 45.3 Å². The number of ether oxygens (including phenoxy) is 1. The Labute approximate surface area is 155 Å². The minimum Gasteiger partial charge on any atom is -0.378 e. The summed E-state index contributed by atoms with van der Waals surface area (Å²) in [6, 6.07) is 2.68. The van der Waals surface area contributed by atoms with Gasteiger partial charge >= 0.3 is 6.03 Å². The van der Waals surface area contributed by atoms with Crippen molar-refractivity contribution in [1.29, 1.82) is 0 Å². The number of hydrogen-bond acceptors (Lipinski definition) is 6. The summed E-state index contributed by atoms with van der Waals surface area (Å²) >= 11 is 0. The molecule has 2 N–H and O–H groups in total. The van der Waals surface area contributed by atoms with Crippen LogP contribution >= 0.6 is 0 Å². The van der Waals surface area contributed by atoms with Gasteiger partial charge in [-0.3, -0.25) is 0 Å². The Kier molecular flexibility index (Phi) is 6.13. The van der Waals surface area contributed by atoms with Crippen LogP contribution < -0.4 is 15.5 Å². The van der Waals surface area contributed by atoms with Crippen LogP contribution in [0.2, 0.25) is 0 Å². The smallest absolute Gasteiger partial charge is 0.317 e. The minimum atomic E-state index is 0.0479. The third-order valence-electron chi connectivity index (χ3n) is 4.99. The molecule has 0 unspecified atom stereocenters. The number of hydrogen-bond donors (Lipinski definition) is 2. The molecule has 0 radical (unpaired) electrons. The Balaban J connectivity index is 1.47. The molecule has 8 nitrogen and oxygen atoms in total. The fraction of sp³-hybridized carbons (Fsp3) is 0.722. The maximum Gasteiger partial charge on any atom is 0.317 e. The summed E-state index contributed by atoms with van der Waals surface area (Å²) in [5.41, 5.74) is 0. The van der Waals surface area contributed by atoms with Crippen LogP contribution in [0.1, 0.15) is 31.5 Å². The van der Waals surface area contributed by atoms with Gasteiger partial charge in [-0.25, -0.2) is 14.8 Å². The van der Waals surface area contributed by atoms with E-state index in [4.69, 9.17) is 4.74 Å². The van der Waals surface area contributed by atoms with Crippen LogP contribution in [-0.2, 0) is 4.74 Å². The number of rotatable bonds is 4. The molecule has 1 aromatic heterocycles. The summed E-state index contributed by atoms with van der Waals surface area (Å²) in [6.07, 6.45) is 4.01. The van der Waals surface area contributed by atoms with Gasteiger partial charge in [-0.2, -0.15) is 0 Å². The van der Waals surface area contributed by atoms with Crippen molar-refractivity contribution in [2.45, 2.75) is 44.7 Å². The van der Waals surface area contributed by atoms with Gasteiger partial charge in [0.15, 0.2) is 0 Å². The largest absolute Gasteiger partial charge is 0.378 e. The molecule has 1 aliphatic carbocycles. The second kappa shape index (κ2) is 8.53. The van der Waals surface area contributed by atoms with E-state index < -0.39 is 0 Å². The quantitative estimate of drug-likeness (QED) is 0.847. The van der Waals surface area contributed by atoms with Crippen LogP contribution in [0, 0.1) is 6.92 Å². The van der Waals surface area contributed by atoms with Crippen molar-refractivity contribution in [1.82, 2.24) is 20.2 Å². The molecular formula is C18H30N6O2. The van der Waals surface area contributed by atoms with Crippen molar-refractivity contribution in [2.24, 2.45) is 0 Å². The highest BCUT2D eigenvalue weighted by Crippen LogP contribution is 2.23. The number of carbonyl (C=O) groups excluding carboxylic acids is 1. The molecular weight excluding hydrogens is 332 g/mol. The number of amides is 2. The Hall–Kier alpha value is -2.09. The van der Waals surface area contributed by atoms with Crippen molar-refractivity contribution in [3.05, 3.63) is 11.9 Å². The zero-order valence-electron chi connectivity index (χ0n) is 16.0. The molecule has 3 rings (SSSR count). The molecule has 1 aliphatic heterocycles. The fourth-order valence-corrected chi connectivity index (χ4v) is 3.48. The van der Waals surface area contributed by atoms with Crippen LogP contribution in [0.25, 0.3) is 0 Å². The van der Waals surface area contributed by atoms with Gasteiger partial charge in [-0.1, -0.05) is 0 Å². The lowest BCUT2D eigenvalue weighted by Gasteiger charge is -2.33. The molecule has 0 aromatic carbocycles. The average molecular weight is 362 g/mol. The van der Waals surface area contributed by atoms with Gasteiger partial charge in [0.2, 0.25) is 0 Å². The predicted molar refractivity (Wildman–Crippen MR) is 102 cm³/mol. The van der Waals surface area contributed by atoms with Gasteiger partial charge in [0.1, 0.15) is 17.5 Å². The molecule has 0 spiro atoms. The lowest BCUT2D eigenvalue weighted by Crippen LogP contribution is -2.50. The highest BCUT2D eigenvalue weighted by molar-refractivity contribution is 5.74. The molecule has 2 fully saturated rings. The minimum absolute atomic E-state index is 0.0479. The summed E-state index contributed by atoms with van der Waals surface area (Å²) in [5.74, 6) is 2.55. The van der Waals surface area contributed by atoms with Crippen LogP contribution in [0.15, 0.2) is 6.07 Å². The number of aryl methyl sites for hydroxylation is 1. The van der Waals surface area contributed by atoms with E-state index in [1.54, 1.807) is 0 Å². The summed E-state index contributed by atoms with van der Waals surface area (Å²) in [5, 5.41) is 6.71. The van der Waals surface area contributed by atoms with Crippen molar-refractivity contribution in [3.8, 4) is 0 Å². The number of nitrogens with one attached hydrogen (secondary N) is 2. The van der Waals surface area contributed by atoms with E-state index in [0.717, 1.165) is 43.1 Å². The molecule has 0 atom stereocenters. The normalized spacial score (nSPS) is 23.4. The van der Waals surface area contributed by atoms with Crippen LogP contribution in [0.4, 0.5) is 16.4 Å². The third-order valence-corrected chi connectivity index (χ3v) is 4.99. The lowest BCUT2D eigenvalue weighted by atomic mass is 9.91. The number of anilines is 2. The maximum absolute atomic E-state index is 12.3. The first-order chi connectivity index (χ1) is 12.5. The van der Waals surface area contributed by atoms with Crippen molar-refractivity contribution in [2.75, 3.05) is 50.6 Å². The topological polar surface area (TPSA) is 82.6 Å². The number of morpholine rings is 1. The molecule has 0 bridgehead atoms. The molecule has 2 aliphatic rings.